The third-order valence-electron chi connectivity index (χ3n) is 1.29. The summed E-state index contributed by atoms with van der Waals surface area (Å²) in [6.07, 6.45) is -2.29. The van der Waals surface area contributed by atoms with Crippen LogP contribution >= 0.6 is 0 Å². The molecule has 0 aliphatic carbocycles. The molecule has 4 N–H and O–H groups in total. The fourth-order valence-electron chi connectivity index (χ4n) is 0.714. The third-order valence-corrected chi connectivity index (χ3v) is 1.29. The van der Waals surface area contributed by atoms with Crippen LogP contribution in [0.2, 0.25) is 0 Å². The minimum atomic E-state index is -2.74. The molecule has 0 amide bonds. The molecule has 0 saturated carbocycles. The predicted octanol–water partition coefficient (Wildman–Crippen LogP) is -12.8. The van der Waals surface area contributed by atoms with Gasteiger partial charge in [0.2, 0.25) is 0 Å². The molecule has 0 saturated heterocycles. The van der Waals surface area contributed by atoms with Crippen molar-refractivity contribution < 1.29 is 224 Å². The Hall–Kier alpha value is 4.28. The minimum absolute atomic E-state index is 0. The summed E-state index contributed by atoms with van der Waals surface area (Å²) < 4.78 is 0. The van der Waals surface area contributed by atoms with Gasteiger partial charge in [-0.2, -0.15) is 0 Å². The van der Waals surface area contributed by atoms with E-state index in [1.165, 1.54) is 0 Å². The normalized spacial score (nSPS) is 8.29. The van der Waals surface area contributed by atoms with E-state index in [4.69, 9.17) is 20.4 Å². The first-order chi connectivity index (χ1) is 5.78. The molecule has 7 nitrogen and oxygen atoms in total. The smallest absolute Gasteiger partial charge is 1.00 e. The van der Waals surface area contributed by atoms with Crippen molar-refractivity contribution >= 4 is 17.9 Å². The van der Waals surface area contributed by atoms with Crippen molar-refractivity contribution in [1.82, 2.24) is 0 Å². The maximum absolute atomic E-state index is 10.3. The molecule has 0 aromatic heterocycles. The van der Waals surface area contributed by atoms with Gasteiger partial charge in [-0.1, -0.05) is 0 Å². The quantitative estimate of drug-likeness (QED) is 0.367. The Bertz CT molecular complexity index is 259. The molecule has 0 radical (unpaired) electrons. The van der Waals surface area contributed by atoms with Gasteiger partial charge in [-0.25, -0.2) is 4.79 Å². The number of aliphatic carboxylic acids is 3. The Morgan fingerprint density at radius 3 is 1.24 bits per heavy atom. The van der Waals surface area contributed by atoms with Gasteiger partial charge in [0.15, 0.2) is 5.60 Å². The van der Waals surface area contributed by atoms with Crippen LogP contribution in [-0.2, 0) is 14.4 Å². The number of hydrogen-bond acceptors (Lipinski definition) is 4. The van der Waals surface area contributed by atoms with E-state index in [2.05, 4.69) is 0 Å². The van der Waals surface area contributed by atoms with Gasteiger partial charge in [0.1, 0.15) is 0 Å². The van der Waals surface area contributed by atoms with Crippen LogP contribution in [0.4, 0.5) is 0 Å². The van der Waals surface area contributed by atoms with Gasteiger partial charge in [0, 0.05) is 0 Å². The average molecular weight is 336 g/mol. The van der Waals surface area contributed by atoms with Crippen molar-refractivity contribution in [1.29, 1.82) is 0 Å². The second kappa shape index (κ2) is 16.6. The van der Waals surface area contributed by atoms with Crippen LogP contribution in [0.3, 0.4) is 0 Å². The maximum Gasteiger partial charge on any atom is 1.00 e. The third kappa shape index (κ3) is 16.5. The molecule has 0 aromatic rings. The van der Waals surface area contributed by atoms with E-state index in [9.17, 15) is 14.4 Å². The van der Waals surface area contributed by atoms with Gasteiger partial charge in [0.05, 0.1) is 12.8 Å². The van der Waals surface area contributed by atoms with Gasteiger partial charge in [0.25, 0.3) is 0 Å². The fourth-order valence-corrected chi connectivity index (χ4v) is 0.714. The fraction of sp³-hybridized carbons (Fsp3) is 0.500. The van der Waals surface area contributed by atoms with Gasteiger partial charge in [-0.3, -0.25) is 9.59 Å². The zero-order valence-corrected chi connectivity index (χ0v) is 21.8. The SMILES string of the molecule is O=C(O)CC(O)(CC(=O)O)C(=O)O.[H-].[H-].[H-].[H-].[K+].[K+].[K+].[Na+]. The second-order valence-electron chi connectivity index (χ2n) is 2.48. The number of rotatable bonds is 5. The number of aliphatic hydroxyl groups is 1. The average Bonchev–Trinajstić information content (AvgIpc) is 1.82. The van der Waals surface area contributed by atoms with Crippen LogP contribution in [0.5, 0.6) is 0 Å². The summed E-state index contributed by atoms with van der Waals surface area (Å²) in [6.45, 7) is 0. The zero-order chi connectivity index (χ0) is 10.6. The molecular weight excluding hydrogens is 324 g/mol. The van der Waals surface area contributed by atoms with Gasteiger partial charge in [-0.05, 0) is 0 Å². The second-order valence-corrected chi connectivity index (χ2v) is 2.48. The first-order valence-electron chi connectivity index (χ1n) is 3.17. The Morgan fingerprint density at radius 2 is 1.12 bits per heavy atom. The van der Waals surface area contributed by atoms with Crippen molar-refractivity contribution in [3.8, 4) is 0 Å². The van der Waals surface area contributed by atoms with E-state index in [0.29, 0.717) is 0 Å². The van der Waals surface area contributed by atoms with E-state index in [1.54, 1.807) is 0 Å². The summed E-state index contributed by atoms with van der Waals surface area (Å²) in [6, 6.07) is 0. The summed E-state index contributed by atoms with van der Waals surface area (Å²) in [5, 5.41) is 33.8. The standard InChI is InChI=1S/C6H8O7.3K.Na.4H/c7-3(8)1-6(13,5(11)12)2-4(9)10;;;;;;;;/h13H,1-2H2,(H,7,8)(H,9,10)(H,11,12);;;;;;;;/q;4*+1;4*-1. The van der Waals surface area contributed by atoms with Crippen molar-refractivity contribution in [3.05, 3.63) is 0 Å². The molecule has 0 bridgehead atoms. The first kappa shape index (κ1) is 33.0. The molecule has 11 heteroatoms. The van der Waals surface area contributed by atoms with Gasteiger partial charge in [-0.15, -0.1) is 0 Å². The molecule has 0 unspecified atom stereocenters. The molecule has 0 heterocycles. The Morgan fingerprint density at radius 1 is 0.882 bits per heavy atom. The van der Waals surface area contributed by atoms with Gasteiger partial charge >= 0.3 is 202 Å². The molecule has 0 aromatic carbocycles. The van der Waals surface area contributed by atoms with E-state index < -0.39 is 36.4 Å². The molecule has 82 valence electrons. The molecule has 17 heavy (non-hydrogen) atoms. The van der Waals surface area contributed by atoms with E-state index >= 15 is 0 Å². The maximum atomic E-state index is 10.3. The molecule has 0 aliphatic heterocycles. The van der Waals surface area contributed by atoms with Crippen molar-refractivity contribution in [2.24, 2.45) is 0 Å². The Balaban J connectivity index is -0.0000000257. The Kier molecular flexibility index (Phi) is 32.3. The zero-order valence-electron chi connectivity index (χ0n) is 14.4. The van der Waals surface area contributed by atoms with Crippen LogP contribution in [0.1, 0.15) is 18.5 Å². The minimum Gasteiger partial charge on any atom is -1.00 e. The molecule has 0 fully saturated rings. The van der Waals surface area contributed by atoms with Crippen molar-refractivity contribution in [2.75, 3.05) is 0 Å². The van der Waals surface area contributed by atoms with Crippen LogP contribution in [-0.4, -0.2) is 43.9 Å². The molecular formula is C6H12K3NaO7. The van der Waals surface area contributed by atoms with Crippen molar-refractivity contribution in [3.63, 3.8) is 0 Å². The first-order valence-corrected chi connectivity index (χ1v) is 3.17. The topological polar surface area (TPSA) is 132 Å². The van der Waals surface area contributed by atoms with Crippen LogP contribution < -0.4 is 184 Å². The van der Waals surface area contributed by atoms with Crippen LogP contribution in [0, 0.1) is 0 Å². The van der Waals surface area contributed by atoms with E-state index in [-0.39, 0.29) is 189 Å². The summed E-state index contributed by atoms with van der Waals surface area (Å²) in [5.74, 6) is -5.02. The molecule has 0 rings (SSSR count). The summed E-state index contributed by atoms with van der Waals surface area (Å²) >= 11 is 0. The summed E-state index contributed by atoms with van der Waals surface area (Å²) in [4.78, 5) is 30.5. The predicted molar refractivity (Wildman–Crippen MR) is 41.5 cm³/mol. The van der Waals surface area contributed by atoms with Crippen molar-refractivity contribution in [2.45, 2.75) is 18.4 Å². The molecule has 0 aliphatic rings. The van der Waals surface area contributed by atoms with E-state index in [0.717, 1.165) is 0 Å². The molecule has 0 spiro atoms. The number of carboxylic acid groups (broad SMARTS) is 3. The van der Waals surface area contributed by atoms with Gasteiger partial charge < -0.3 is 26.1 Å². The van der Waals surface area contributed by atoms with Crippen LogP contribution in [0.25, 0.3) is 0 Å². The summed E-state index contributed by atoms with van der Waals surface area (Å²) in [7, 11) is 0. The summed E-state index contributed by atoms with van der Waals surface area (Å²) in [5.41, 5.74) is -2.74. The molecule has 0 atom stereocenters. The number of hydrogen-bond donors (Lipinski definition) is 4. The monoisotopic (exact) mass is 336 g/mol. The number of carbonyl (C=O) groups is 3. The van der Waals surface area contributed by atoms with E-state index in [1.807, 2.05) is 0 Å². The Labute approximate surface area is 253 Å². The van der Waals surface area contributed by atoms with Crippen LogP contribution in [0.15, 0.2) is 0 Å². The largest absolute Gasteiger partial charge is 1.00 e. The number of carboxylic acids is 3.